The number of aliphatic hydroxyl groups excluding tert-OH is 1. The summed E-state index contributed by atoms with van der Waals surface area (Å²) in [6.07, 6.45) is 2.58. The van der Waals surface area contributed by atoms with Gasteiger partial charge in [-0.15, -0.1) is 0 Å². The number of carboxylic acids is 1. The summed E-state index contributed by atoms with van der Waals surface area (Å²) in [4.78, 5) is 10.4. The average Bonchev–Trinajstić information content (AvgIpc) is 2.65. The van der Waals surface area contributed by atoms with Crippen LogP contribution >= 0.6 is 0 Å². The molecule has 0 spiro atoms. The molecular weight excluding hydrogens is 186 g/mol. The minimum atomic E-state index is -1.23. The van der Waals surface area contributed by atoms with Crippen LogP contribution in [0.2, 0.25) is 0 Å². The predicted molar refractivity (Wildman–Crippen MR) is 48.5 cm³/mol. The first-order valence-corrected chi connectivity index (χ1v) is 4.25. The number of aliphatic hydroxyl groups is 1. The van der Waals surface area contributed by atoms with Crippen molar-refractivity contribution in [1.29, 1.82) is 0 Å². The Hall–Kier alpha value is -1.40. The Labute approximate surface area is 81.0 Å². The summed E-state index contributed by atoms with van der Waals surface area (Å²) in [5, 5.41) is 21.8. The van der Waals surface area contributed by atoms with Crippen molar-refractivity contribution in [3.63, 3.8) is 0 Å². The maximum atomic E-state index is 10.4. The molecular formula is C8H13N3O3. The van der Waals surface area contributed by atoms with E-state index in [0.29, 0.717) is 6.54 Å². The SMILES string of the molecule is NC(C(=O)O)C(O)CCn1cccn1. The summed E-state index contributed by atoms with van der Waals surface area (Å²) in [7, 11) is 0. The molecule has 0 radical (unpaired) electrons. The zero-order chi connectivity index (χ0) is 10.6. The van der Waals surface area contributed by atoms with Crippen molar-refractivity contribution in [1.82, 2.24) is 9.78 Å². The third kappa shape index (κ3) is 2.82. The van der Waals surface area contributed by atoms with Crippen LogP contribution in [0.5, 0.6) is 0 Å². The van der Waals surface area contributed by atoms with E-state index in [-0.39, 0.29) is 6.42 Å². The fourth-order valence-electron chi connectivity index (χ4n) is 1.04. The fraction of sp³-hybridized carbons (Fsp3) is 0.500. The van der Waals surface area contributed by atoms with Gasteiger partial charge in [0.25, 0.3) is 0 Å². The molecule has 6 nitrogen and oxygen atoms in total. The highest BCUT2D eigenvalue weighted by molar-refractivity contribution is 5.73. The second-order valence-corrected chi connectivity index (χ2v) is 2.99. The normalized spacial score (nSPS) is 15.0. The van der Waals surface area contributed by atoms with E-state index in [1.54, 1.807) is 23.1 Å². The van der Waals surface area contributed by atoms with E-state index >= 15 is 0 Å². The van der Waals surface area contributed by atoms with Gasteiger partial charge in [-0.25, -0.2) is 0 Å². The lowest BCUT2D eigenvalue weighted by Gasteiger charge is -2.14. The van der Waals surface area contributed by atoms with Gasteiger partial charge in [-0.1, -0.05) is 0 Å². The Kier molecular flexibility index (Phi) is 3.61. The summed E-state index contributed by atoms with van der Waals surface area (Å²) in [6, 6.07) is 0.523. The van der Waals surface area contributed by atoms with Gasteiger partial charge >= 0.3 is 5.97 Å². The van der Waals surface area contributed by atoms with Gasteiger partial charge in [-0.05, 0) is 12.5 Å². The monoisotopic (exact) mass is 199 g/mol. The van der Waals surface area contributed by atoms with Crippen molar-refractivity contribution in [2.45, 2.75) is 25.1 Å². The molecule has 4 N–H and O–H groups in total. The number of hydrogen-bond acceptors (Lipinski definition) is 4. The van der Waals surface area contributed by atoms with Crippen LogP contribution in [0.4, 0.5) is 0 Å². The minimum Gasteiger partial charge on any atom is -0.480 e. The molecule has 1 aromatic heterocycles. The molecule has 0 aromatic carbocycles. The van der Waals surface area contributed by atoms with E-state index in [1.165, 1.54) is 0 Å². The molecule has 1 aromatic rings. The Morgan fingerprint density at radius 1 is 1.64 bits per heavy atom. The van der Waals surface area contributed by atoms with Crippen molar-refractivity contribution in [3.05, 3.63) is 18.5 Å². The van der Waals surface area contributed by atoms with E-state index in [1.807, 2.05) is 0 Å². The van der Waals surface area contributed by atoms with Gasteiger partial charge in [0.2, 0.25) is 0 Å². The molecule has 0 saturated heterocycles. The zero-order valence-corrected chi connectivity index (χ0v) is 7.58. The number of carbonyl (C=O) groups is 1. The third-order valence-electron chi connectivity index (χ3n) is 1.91. The van der Waals surface area contributed by atoms with Crippen LogP contribution < -0.4 is 5.73 Å². The number of nitrogens with zero attached hydrogens (tertiary/aromatic N) is 2. The molecule has 0 bridgehead atoms. The number of carboxylic acid groups (broad SMARTS) is 1. The van der Waals surface area contributed by atoms with E-state index in [2.05, 4.69) is 5.10 Å². The van der Waals surface area contributed by atoms with E-state index in [4.69, 9.17) is 10.8 Å². The summed E-state index contributed by atoms with van der Waals surface area (Å²) in [5.74, 6) is -1.20. The van der Waals surface area contributed by atoms with Crippen molar-refractivity contribution < 1.29 is 15.0 Å². The first-order valence-electron chi connectivity index (χ1n) is 4.25. The molecule has 0 saturated carbocycles. The topological polar surface area (TPSA) is 101 Å². The molecule has 0 aliphatic heterocycles. The second kappa shape index (κ2) is 4.73. The van der Waals surface area contributed by atoms with Crippen molar-refractivity contribution in [3.8, 4) is 0 Å². The number of hydrogen-bond donors (Lipinski definition) is 3. The van der Waals surface area contributed by atoms with Crippen LogP contribution in [-0.2, 0) is 11.3 Å². The van der Waals surface area contributed by atoms with Crippen molar-refractivity contribution in [2.75, 3.05) is 0 Å². The highest BCUT2D eigenvalue weighted by atomic mass is 16.4. The first-order chi connectivity index (χ1) is 6.61. The molecule has 2 unspecified atom stereocenters. The fourth-order valence-corrected chi connectivity index (χ4v) is 1.04. The van der Waals surface area contributed by atoms with Gasteiger partial charge in [-0.2, -0.15) is 5.10 Å². The van der Waals surface area contributed by atoms with Crippen LogP contribution in [0.3, 0.4) is 0 Å². The van der Waals surface area contributed by atoms with Gasteiger partial charge in [0.05, 0.1) is 6.10 Å². The van der Waals surface area contributed by atoms with Crippen molar-refractivity contribution in [2.24, 2.45) is 5.73 Å². The Bertz CT molecular complexity index is 286. The molecule has 0 amide bonds. The maximum absolute atomic E-state index is 10.4. The van der Waals surface area contributed by atoms with E-state index in [9.17, 15) is 9.90 Å². The highest BCUT2D eigenvalue weighted by Gasteiger charge is 2.21. The Balaban J connectivity index is 2.34. The molecule has 2 atom stereocenters. The summed E-state index contributed by atoms with van der Waals surface area (Å²) < 4.78 is 1.61. The van der Waals surface area contributed by atoms with E-state index < -0.39 is 18.1 Å². The summed E-state index contributed by atoms with van der Waals surface area (Å²) in [6.45, 7) is 0.454. The molecule has 0 fully saturated rings. The largest absolute Gasteiger partial charge is 0.480 e. The molecule has 0 aliphatic carbocycles. The number of nitrogens with two attached hydrogens (primary N) is 1. The number of rotatable bonds is 5. The zero-order valence-electron chi connectivity index (χ0n) is 7.58. The van der Waals surface area contributed by atoms with Gasteiger partial charge in [-0.3, -0.25) is 9.48 Å². The number of aromatic nitrogens is 2. The molecule has 1 heterocycles. The lowest BCUT2D eigenvalue weighted by molar-refractivity contribution is -0.141. The average molecular weight is 199 g/mol. The summed E-state index contributed by atoms with van der Waals surface area (Å²) in [5.41, 5.74) is 5.22. The first kappa shape index (κ1) is 10.7. The predicted octanol–water partition coefficient (Wildman–Crippen LogP) is -0.954. The van der Waals surface area contributed by atoms with Gasteiger partial charge in [0.15, 0.2) is 0 Å². The van der Waals surface area contributed by atoms with Gasteiger partial charge in [0.1, 0.15) is 6.04 Å². The molecule has 6 heteroatoms. The van der Waals surface area contributed by atoms with Crippen LogP contribution in [0.1, 0.15) is 6.42 Å². The van der Waals surface area contributed by atoms with E-state index in [0.717, 1.165) is 0 Å². The standard InChI is InChI=1S/C8H13N3O3/c9-7(8(13)14)6(12)2-5-11-4-1-3-10-11/h1,3-4,6-7,12H,2,5,9H2,(H,13,14). The molecule has 14 heavy (non-hydrogen) atoms. The lowest BCUT2D eigenvalue weighted by atomic mass is 10.1. The summed E-state index contributed by atoms with van der Waals surface area (Å²) >= 11 is 0. The quantitative estimate of drug-likeness (QED) is 0.567. The molecule has 0 aliphatic rings. The Morgan fingerprint density at radius 3 is 2.86 bits per heavy atom. The smallest absolute Gasteiger partial charge is 0.323 e. The van der Waals surface area contributed by atoms with Crippen molar-refractivity contribution >= 4 is 5.97 Å². The lowest BCUT2D eigenvalue weighted by Crippen LogP contribution is -2.42. The van der Waals surface area contributed by atoms with Gasteiger partial charge in [0, 0.05) is 18.9 Å². The van der Waals surface area contributed by atoms with Crippen LogP contribution in [0, 0.1) is 0 Å². The second-order valence-electron chi connectivity index (χ2n) is 2.99. The number of aryl methyl sites for hydroxylation is 1. The van der Waals surface area contributed by atoms with Gasteiger partial charge < -0.3 is 15.9 Å². The number of aliphatic carboxylic acids is 1. The highest BCUT2D eigenvalue weighted by Crippen LogP contribution is 1.99. The van der Waals surface area contributed by atoms with Crippen LogP contribution in [0.15, 0.2) is 18.5 Å². The maximum Gasteiger partial charge on any atom is 0.323 e. The molecule has 1 rings (SSSR count). The van der Waals surface area contributed by atoms with Crippen LogP contribution in [0.25, 0.3) is 0 Å². The van der Waals surface area contributed by atoms with Crippen LogP contribution in [-0.4, -0.2) is 38.1 Å². The third-order valence-corrected chi connectivity index (χ3v) is 1.91. The Morgan fingerprint density at radius 2 is 2.36 bits per heavy atom. The molecule has 78 valence electrons. The minimum absolute atomic E-state index is 0.273.